The summed E-state index contributed by atoms with van der Waals surface area (Å²) in [6, 6.07) is 2.97. The zero-order chi connectivity index (χ0) is 15.1. The minimum absolute atomic E-state index is 0.0427. The number of nitrogens with zero attached hydrogens (tertiary/aromatic N) is 4. The number of allylic oxidation sites excluding steroid dienone is 1. The summed E-state index contributed by atoms with van der Waals surface area (Å²) in [5.74, 6) is 0.893. The lowest BCUT2D eigenvalue weighted by Crippen LogP contribution is -2.03. The van der Waals surface area contributed by atoms with Gasteiger partial charge in [-0.25, -0.2) is 9.97 Å². The maximum atomic E-state index is 11.0. The number of aromatic nitrogens is 3. The predicted molar refractivity (Wildman–Crippen MR) is 78.7 cm³/mol. The molecule has 0 spiro atoms. The maximum Gasteiger partial charge on any atom is 0.312 e. The Labute approximate surface area is 118 Å². The summed E-state index contributed by atoms with van der Waals surface area (Å²) in [6.07, 6.45) is 6.62. The first-order valence-electron chi connectivity index (χ1n) is 6.37. The van der Waals surface area contributed by atoms with E-state index >= 15 is 0 Å². The van der Waals surface area contributed by atoms with E-state index in [0.29, 0.717) is 5.82 Å². The van der Waals surface area contributed by atoms with Crippen molar-refractivity contribution in [1.29, 1.82) is 0 Å². The third kappa shape index (κ3) is 3.50. The van der Waals surface area contributed by atoms with E-state index in [1.54, 1.807) is 23.0 Å². The lowest BCUT2D eigenvalue weighted by molar-refractivity contribution is -0.384. The van der Waals surface area contributed by atoms with Crippen LogP contribution in [0.2, 0.25) is 0 Å². The Bertz CT molecular complexity index is 613. The van der Waals surface area contributed by atoms with Crippen molar-refractivity contribution in [3.05, 3.63) is 52.2 Å². The van der Waals surface area contributed by atoms with Crippen molar-refractivity contribution in [3.8, 4) is 5.82 Å². The molecule has 6 nitrogen and oxygen atoms in total. The quantitative estimate of drug-likeness (QED) is 0.632. The highest BCUT2D eigenvalue weighted by Gasteiger charge is 2.17. The number of pyridine rings is 1. The van der Waals surface area contributed by atoms with Crippen molar-refractivity contribution < 1.29 is 4.92 Å². The Morgan fingerprint density at radius 1 is 1.30 bits per heavy atom. The third-order valence-corrected chi connectivity index (χ3v) is 2.28. The highest BCUT2D eigenvalue weighted by Crippen LogP contribution is 2.21. The largest absolute Gasteiger partial charge is 0.312 e. The van der Waals surface area contributed by atoms with Crippen LogP contribution in [-0.4, -0.2) is 19.5 Å². The van der Waals surface area contributed by atoms with E-state index in [9.17, 15) is 10.1 Å². The summed E-state index contributed by atoms with van der Waals surface area (Å²) in [5.41, 5.74) is 1.01. The van der Waals surface area contributed by atoms with E-state index in [1.165, 1.54) is 12.3 Å². The van der Waals surface area contributed by atoms with Gasteiger partial charge in [-0.3, -0.25) is 14.7 Å². The van der Waals surface area contributed by atoms with E-state index < -0.39 is 4.92 Å². The molecule has 0 fully saturated rings. The molecule has 0 aromatic carbocycles. The standard InChI is InChI=1S/C12H12N4O2.C2H6/c1-9(2)8-11-13-6-7-15(11)12-10(16(17)18)4-3-5-14-12;1-2/h3-8H,1-2H3;1-2H3. The SMILES string of the molecule is CC.CC(C)=Cc1nccn1-c1ncccc1[N+](=O)[O-]. The number of hydrogen-bond donors (Lipinski definition) is 0. The molecule has 2 heterocycles. The Morgan fingerprint density at radius 2 is 2.00 bits per heavy atom. The number of nitro groups is 1. The van der Waals surface area contributed by atoms with Gasteiger partial charge in [0.15, 0.2) is 0 Å². The molecule has 106 valence electrons. The van der Waals surface area contributed by atoms with Crippen LogP contribution >= 0.6 is 0 Å². The van der Waals surface area contributed by atoms with Crippen LogP contribution in [0.15, 0.2) is 36.3 Å². The molecule has 2 aromatic rings. The van der Waals surface area contributed by atoms with E-state index in [-0.39, 0.29) is 11.5 Å². The Hall–Kier alpha value is -2.50. The van der Waals surface area contributed by atoms with Crippen molar-refractivity contribution in [2.24, 2.45) is 0 Å². The van der Waals surface area contributed by atoms with Crippen LogP contribution in [0.5, 0.6) is 0 Å². The summed E-state index contributed by atoms with van der Waals surface area (Å²) >= 11 is 0. The van der Waals surface area contributed by atoms with Gasteiger partial charge in [-0.2, -0.15) is 0 Å². The zero-order valence-electron chi connectivity index (χ0n) is 12.1. The van der Waals surface area contributed by atoms with Crippen LogP contribution in [0.4, 0.5) is 5.69 Å². The molecule has 0 atom stereocenters. The molecule has 0 saturated heterocycles. The molecule has 0 saturated carbocycles. The highest BCUT2D eigenvalue weighted by atomic mass is 16.6. The van der Waals surface area contributed by atoms with Crippen molar-refractivity contribution in [3.63, 3.8) is 0 Å². The van der Waals surface area contributed by atoms with Gasteiger partial charge in [0.1, 0.15) is 5.82 Å². The molecular weight excluding hydrogens is 256 g/mol. The number of rotatable bonds is 3. The first kappa shape index (κ1) is 15.6. The van der Waals surface area contributed by atoms with Crippen molar-refractivity contribution >= 4 is 11.8 Å². The molecule has 0 radical (unpaired) electrons. The molecule has 0 unspecified atom stereocenters. The van der Waals surface area contributed by atoms with Gasteiger partial charge in [0, 0.05) is 24.7 Å². The fraction of sp³-hybridized carbons (Fsp3) is 0.286. The molecule has 0 aliphatic carbocycles. The van der Waals surface area contributed by atoms with Gasteiger partial charge in [0.05, 0.1) is 4.92 Å². The Kier molecular flexibility index (Phi) is 5.58. The number of imidazole rings is 1. The van der Waals surface area contributed by atoms with Crippen molar-refractivity contribution in [2.45, 2.75) is 27.7 Å². The van der Waals surface area contributed by atoms with Gasteiger partial charge >= 0.3 is 5.69 Å². The fourth-order valence-electron chi connectivity index (χ4n) is 1.58. The molecule has 0 aliphatic heterocycles. The van der Waals surface area contributed by atoms with Crippen molar-refractivity contribution in [1.82, 2.24) is 14.5 Å². The van der Waals surface area contributed by atoms with Crippen LogP contribution in [0.25, 0.3) is 11.9 Å². The van der Waals surface area contributed by atoms with Gasteiger partial charge in [-0.05, 0) is 26.0 Å². The van der Waals surface area contributed by atoms with Gasteiger partial charge < -0.3 is 0 Å². The molecule has 20 heavy (non-hydrogen) atoms. The van der Waals surface area contributed by atoms with Gasteiger partial charge in [-0.15, -0.1) is 0 Å². The predicted octanol–water partition coefficient (Wildman–Crippen LogP) is 3.62. The molecule has 6 heteroatoms. The molecular formula is C14H18N4O2. The normalized spacial score (nSPS) is 9.40. The Morgan fingerprint density at radius 3 is 2.60 bits per heavy atom. The zero-order valence-corrected chi connectivity index (χ0v) is 12.1. The highest BCUT2D eigenvalue weighted by molar-refractivity contribution is 5.53. The summed E-state index contributed by atoms with van der Waals surface area (Å²) in [7, 11) is 0. The molecule has 2 rings (SSSR count). The maximum absolute atomic E-state index is 11.0. The minimum Gasteiger partial charge on any atom is -0.279 e. The lowest BCUT2D eigenvalue weighted by atomic mass is 10.3. The van der Waals surface area contributed by atoms with Gasteiger partial charge in [-0.1, -0.05) is 19.4 Å². The Balaban J connectivity index is 0.000000956. The molecule has 0 amide bonds. The monoisotopic (exact) mass is 274 g/mol. The van der Waals surface area contributed by atoms with E-state index in [2.05, 4.69) is 9.97 Å². The summed E-state index contributed by atoms with van der Waals surface area (Å²) < 4.78 is 1.60. The van der Waals surface area contributed by atoms with Crippen LogP contribution in [-0.2, 0) is 0 Å². The summed E-state index contributed by atoms with van der Waals surface area (Å²) in [5, 5.41) is 11.0. The second kappa shape index (κ2) is 7.18. The van der Waals surface area contributed by atoms with Gasteiger partial charge in [0.25, 0.3) is 0 Å². The number of hydrogen-bond acceptors (Lipinski definition) is 4. The van der Waals surface area contributed by atoms with Gasteiger partial charge in [0.2, 0.25) is 5.82 Å². The van der Waals surface area contributed by atoms with Crippen LogP contribution in [0.1, 0.15) is 33.5 Å². The minimum atomic E-state index is -0.450. The van der Waals surface area contributed by atoms with E-state index in [0.717, 1.165) is 5.57 Å². The first-order chi connectivity index (χ1) is 9.59. The summed E-state index contributed by atoms with van der Waals surface area (Å²) in [6.45, 7) is 7.87. The van der Waals surface area contributed by atoms with E-state index in [4.69, 9.17) is 0 Å². The fourth-order valence-corrected chi connectivity index (χ4v) is 1.58. The topological polar surface area (TPSA) is 73.8 Å². The smallest absolute Gasteiger partial charge is 0.279 e. The molecule has 2 aromatic heterocycles. The average Bonchev–Trinajstić information content (AvgIpc) is 2.88. The second-order valence-electron chi connectivity index (χ2n) is 3.98. The van der Waals surface area contributed by atoms with Crippen LogP contribution in [0, 0.1) is 10.1 Å². The second-order valence-corrected chi connectivity index (χ2v) is 3.98. The lowest BCUT2D eigenvalue weighted by Gasteiger charge is -2.04. The molecule has 0 N–H and O–H groups in total. The third-order valence-electron chi connectivity index (χ3n) is 2.28. The van der Waals surface area contributed by atoms with Crippen LogP contribution < -0.4 is 0 Å². The average molecular weight is 274 g/mol. The summed E-state index contributed by atoms with van der Waals surface area (Å²) in [4.78, 5) is 18.7. The van der Waals surface area contributed by atoms with E-state index in [1.807, 2.05) is 33.8 Å². The van der Waals surface area contributed by atoms with Crippen LogP contribution in [0.3, 0.4) is 0 Å². The first-order valence-corrected chi connectivity index (χ1v) is 6.37. The molecule has 0 aliphatic rings. The van der Waals surface area contributed by atoms with Crippen molar-refractivity contribution in [2.75, 3.05) is 0 Å². The molecule has 0 bridgehead atoms.